The van der Waals surface area contributed by atoms with Crippen LogP contribution in [0.3, 0.4) is 0 Å². The second-order valence-corrected chi connectivity index (χ2v) is 5.81. The molecular weight excluding hydrogens is 258 g/mol. The van der Waals surface area contributed by atoms with Crippen molar-refractivity contribution in [2.45, 2.75) is 40.2 Å². The van der Waals surface area contributed by atoms with Gasteiger partial charge in [-0.3, -0.25) is 4.79 Å². The van der Waals surface area contributed by atoms with E-state index in [1.54, 1.807) is 0 Å². The van der Waals surface area contributed by atoms with Gasteiger partial charge in [0.05, 0.1) is 12.5 Å². The molecule has 0 bridgehead atoms. The first kappa shape index (κ1) is 15.3. The summed E-state index contributed by atoms with van der Waals surface area (Å²) in [5.41, 5.74) is 5.88. The smallest absolute Gasteiger partial charge is 0.224 e. The molecule has 0 radical (unpaired) electrons. The molecule has 0 aliphatic carbocycles. The van der Waals surface area contributed by atoms with Crippen LogP contribution in [0.1, 0.15) is 40.8 Å². The largest absolute Gasteiger partial charge is 0.349 e. The minimum absolute atomic E-state index is 0.0304. The molecule has 1 N–H and O–H groups in total. The summed E-state index contributed by atoms with van der Waals surface area (Å²) in [7, 11) is 0. The number of carbonyl (C=O) groups is 1. The van der Waals surface area contributed by atoms with Crippen molar-refractivity contribution in [1.82, 2.24) is 5.32 Å². The highest BCUT2D eigenvalue weighted by Gasteiger charge is 2.12. The minimum atomic E-state index is 0.0304. The summed E-state index contributed by atoms with van der Waals surface area (Å²) in [5, 5.41) is 3.09. The molecule has 2 nitrogen and oxygen atoms in total. The molecule has 0 aliphatic rings. The molecule has 0 heterocycles. The number of benzene rings is 2. The molecule has 0 saturated heterocycles. The van der Waals surface area contributed by atoms with E-state index in [1.165, 1.54) is 22.3 Å². The first-order chi connectivity index (χ1) is 9.95. The first-order valence-corrected chi connectivity index (χ1v) is 7.38. The molecule has 2 rings (SSSR count). The standard InChI is InChI=1S/C19H23NO/c1-13-6-9-17(10-7-13)12-19(21)20-16(4)18-11-14(2)5-8-15(18)3/h5-11,16H,12H2,1-4H3,(H,20,21). The van der Waals surface area contributed by atoms with Crippen molar-refractivity contribution in [1.29, 1.82) is 0 Å². The minimum Gasteiger partial charge on any atom is -0.349 e. The van der Waals surface area contributed by atoms with Crippen LogP contribution in [0.4, 0.5) is 0 Å². The normalized spacial score (nSPS) is 12.0. The van der Waals surface area contributed by atoms with Gasteiger partial charge in [-0.05, 0) is 44.4 Å². The fourth-order valence-corrected chi connectivity index (χ4v) is 2.49. The molecule has 1 atom stereocenters. The van der Waals surface area contributed by atoms with Gasteiger partial charge in [0.2, 0.25) is 5.91 Å². The summed E-state index contributed by atoms with van der Waals surface area (Å²) in [6.45, 7) is 8.24. The fraction of sp³-hybridized carbons (Fsp3) is 0.316. The summed E-state index contributed by atoms with van der Waals surface area (Å²) in [4.78, 5) is 12.2. The molecule has 0 aromatic heterocycles. The molecule has 0 spiro atoms. The average Bonchev–Trinajstić information content (AvgIpc) is 2.44. The molecule has 2 aromatic carbocycles. The van der Waals surface area contributed by atoms with Crippen LogP contribution in [-0.2, 0) is 11.2 Å². The summed E-state index contributed by atoms with van der Waals surface area (Å²) in [6.07, 6.45) is 0.426. The monoisotopic (exact) mass is 281 g/mol. The van der Waals surface area contributed by atoms with Gasteiger partial charge in [0.15, 0.2) is 0 Å². The molecule has 0 fully saturated rings. The predicted octanol–water partition coefficient (Wildman–Crippen LogP) is 4.03. The Morgan fingerprint density at radius 1 is 1.00 bits per heavy atom. The van der Waals surface area contributed by atoms with Crippen molar-refractivity contribution in [3.63, 3.8) is 0 Å². The van der Waals surface area contributed by atoms with Crippen LogP contribution in [0.15, 0.2) is 42.5 Å². The molecular formula is C19H23NO. The number of rotatable bonds is 4. The second kappa shape index (κ2) is 6.57. The zero-order valence-corrected chi connectivity index (χ0v) is 13.2. The van der Waals surface area contributed by atoms with E-state index < -0.39 is 0 Å². The van der Waals surface area contributed by atoms with Crippen LogP contribution in [0.25, 0.3) is 0 Å². The third-order valence-electron chi connectivity index (χ3n) is 3.76. The van der Waals surface area contributed by atoms with E-state index >= 15 is 0 Å². The van der Waals surface area contributed by atoms with Crippen LogP contribution in [0.5, 0.6) is 0 Å². The zero-order chi connectivity index (χ0) is 15.4. The highest BCUT2D eigenvalue weighted by Crippen LogP contribution is 2.19. The van der Waals surface area contributed by atoms with E-state index in [0.29, 0.717) is 6.42 Å². The Bertz CT molecular complexity index is 629. The summed E-state index contributed by atoms with van der Waals surface area (Å²) < 4.78 is 0. The molecule has 2 heteroatoms. The number of amides is 1. The Balaban J connectivity index is 2.01. The quantitative estimate of drug-likeness (QED) is 0.900. The SMILES string of the molecule is Cc1ccc(CC(=O)NC(C)c2cc(C)ccc2C)cc1. The van der Waals surface area contributed by atoms with Gasteiger partial charge in [0.25, 0.3) is 0 Å². The van der Waals surface area contributed by atoms with Gasteiger partial charge in [0, 0.05) is 0 Å². The fourth-order valence-electron chi connectivity index (χ4n) is 2.49. The Morgan fingerprint density at radius 2 is 1.62 bits per heavy atom. The van der Waals surface area contributed by atoms with Crippen molar-refractivity contribution >= 4 is 5.91 Å². The van der Waals surface area contributed by atoms with Gasteiger partial charge in [-0.25, -0.2) is 0 Å². The number of hydrogen-bond donors (Lipinski definition) is 1. The average molecular weight is 281 g/mol. The highest BCUT2D eigenvalue weighted by molar-refractivity contribution is 5.79. The number of carbonyl (C=O) groups excluding carboxylic acids is 1. The van der Waals surface area contributed by atoms with Gasteiger partial charge in [-0.2, -0.15) is 0 Å². The number of aryl methyl sites for hydroxylation is 3. The molecule has 0 aliphatic heterocycles. The van der Waals surface area contributed by atoms with Crippen LogP contribution in [0, 0.1) is 20.8 Å². The molecule has 2 aromatic rings. The van der Waals surface area contributed by atoms with Gasteiger partial charge in [-0.1, -0.05) is 53.6 Å². The van der Waals surface area contributed by atoms with Gasteiger partial charge in [-0.15, -0.1) is 0 Å². The molecule has 1 amide bonds. The van der Waals surface area contributed by atoms with Crippen molar-refractivity contribution < 1.29 is 4.79 Å². The Labute approximate surface area is 127 Å². The maximum Gasteiger partial charge on any atom is 0.224 e. The van der Waals surface area contributed by atoms with Gasteiger partial charge in [0.1, 0.15) is 0 Å². The third kappa shape index (κ3) is 4.19. The maximum absolute atomic E-state index is 12.2. The number of hydrogen-bond acceptors (Lipinski definition) is 1. The van der Waals surface area contributed by atoms with E-state index in [0.717, 1.165) is 5.56 Å². The lowest BCUT2D eigenvalue weighted by Gasteiger charge is -2.17. The number of nitrogens with one attached hydrogen (secondary N) is 1. The lowest BCUT2D eigenvalue weighted by molar-refractivity contribution is -0.121. The van der Waals surface area contributed by atoms with E-state index in [9.17, 15) is 4.79 Å². The van der Waals surface area contributed by atoms with Gasteiger partial charge < -0.3 is 5.32 Å². The van der Waals surface area contributed by atoms with E-state index in [-0.39, 0.29) is 11.9 Å². The summed E-state index contributed by atoms with van der Waals surface area (Å²) in [5.74, 6) is 0.0623. The lowest BCUT2D eigenvalue weighted by Crippen LogP contribution is -2.28. The topological polar surface area (TPSA) is 29.1 Å². The van der Waals surface area contributed by atoms with Gasteiger partial charge >= 0.3 is 0 Å². The Hall–Kier alpha value is -2.09. The molecule has 1 unspecified atom stereocenters. The summed E-state index contributed by atoms with van der Waals surface area (Å²) in [6, 6.07) is 14.5. The van der Waals surface area contributed by atoms with Crippen molar-refractivity contribution in [2.24, 2.45) is 0 Å². The summed E-state index contributed by atoms with van der Waals surface area (Å²) >= 11 is 0. The van der Waals surface area contributed by atoms with Crippen molar-refractivity contribution in [3.8, 4) is 0 Å². The first-order valence-electron chi connectivity index (χ1n) is 7.38. The Kier molecular flexibility index (Phi) is 4.79. The van der Waals surface area contributed by atoms with E-state index in [4.69, 9.17) is 0 Å². The highest BCUT2D eigenvalue weighted by atomic mass is 16.1. The Morgan fingerprint density at radius 3 is 2.29 bits per heavy atom. The van der Waals surface area contributed by atoms with Crippen molar-refractivity contribution in [3.05, 3.63) is 70.3 Å². The second-order valence-electron chi connectivity index (χ2n) is 5.81. The van der Waals surface area contributed by atoms with Crippen LogP contribution < -0.4 is 5.32 Å². The molecule has 0 saturated carbocycles. The van der Waals surface area contributed by atoms with Crippen LogP contribution >= 0.6 is 0 Å². The third-order valence-corrected chi connectivity index (χ3v) is 3.76. The predicted molar refractivity (Wildman–Crippen MR) is 87.4 cm³/mol. The maximum atomic E-state index is 12.2. The zero-order valence-electron chi connectivity index (χ0n) is 13.2. The van der Waals surface area contributed by atoms with Crippen molar-refractivity contribution in [2.75, 3.05) is 0 Å². The van der Waals surface area contributed by atoms with E-state index in [1.807, 2.05) is 38.1 Å². The lowest BCUT2D eigenvalue weighted by atomic mass is 9.99. The molecule has 110 valence electrons. The van der Waals surface area contributed by atoms with Crippen LogP contribution in [-0.4, -0.2) is 5.91 Å². The van der Waals surface area contributed by atoms with Crippen LogP contribution in [0.2, 0.25) is 0 Å². The molecule has 21 heavy (non-hydrogen) atoms. The van der Waals surface area contributed by atoms with E-state index in [2.05, 4.69) is 37.4 Å².